The Morgan fingerprint density at radius 3 is 2.94 bits per heavy atom. The molecule has 0 unspecified atom stereocenters. The number of aromatic nitrogens is 4. The van der Waals surface area contributed by atoms with E-state index in [0.717, 1.165) is 5.56 Å². The van der Waals surface area contributed by atoms with E-state index in [1.807, 2.05) is 13.0 Å². The van der Waals surface area contributed by atoms with E-state index >= 15 is 0 Å². The van der Waals surface area contributed by atoms with Crippen molar-refractivity contribution in [3.8, 4) is 17.1 Å². The van der Waals surface area contributed by atoms with Crippen molar-refractivity contribution >= 4 is 5.69 Å². The number of aryl methyl sites for hydroxylation is 1. The van der Waals surface area contributed by atoms with Gasteiger partial charge >= 0.3 is 0 Å². The van der Waals surface area contributed by atoms with Gasteiger partial charge in [-0.15, -0.1) is 5.10 Å². The Bertz CT molecular complexity index is 494. The van der Waals surface area contributed by atoms with Crippen LogP contribution in [0.3, 0.4) is 0 Å². The number of tetrazole rings is 1. The molecule has 16 heavy (non-hydrogen) atoms. The van der Waals surface area contributed by atoms with Gasteiger partial charge in [-0.05, 0) is 29.5 Å². The molecule has 0 aliphatic carbocycles. The molecule has 2 N–H and O–H groups in total. The number of nitrogens with zero attached hydrogens (tertiary/aromatic N) is 4. The largest absolute Gasteiger partial charge is 0.496 e. The molecule has 0 fully saturated rings. The Labute approximate surface area is 93.0 Å². The van der Waals surface area contributed by atoms with Crippen molar-refractivity contribution in [2.45, 2.75) is 13.5 Å². The lowest BCUT2D eigenvalue weighted by atomic mass is 10.1. The molecule has 0 amide bonds. The maximum absolute atomic E-state index is 5.69. The van der Waals surface area contributed by atoms with Gasteiger partial charge in [0.05, 0.1) is 12.7 Å². The van der Waals surface area contributed by atoms with Gasteiger partial charge in [-0.25, -0.2) is 4.68 Å². The first kappa shape index (κ1) is 10.4. The van der Waals surface area contributed by atoms with Gasteiger partial charge in [0.25, 0.3) is 0 Å². The molecule has 0 aliphatic rings. The molecule has 0 atom stereocenters. The van der Waals surface area contributed by atoms with Crippen LogP contribution >= 0.6 is 0 Å². The smallest absolute Gasteiger partial charge is 0.185 e. The van der Waals surface area contributed by atoms with Crippen LogP contribution in [0.2, 0.25) is 0 Å². The summed E-state index contributed by atoms with van der Waals surface area (Å²) in [7, 11) is 1.60. The fourth-order valence-corrected chi connectivity index (χ4v) is 1.50. The number of ether oxygens (including phenoxy) is 1. The van der Waals surface area contributed by atoms with Gasteiger partial charge in [0.2, 0.25) is 0 Å². The summed E-state index contributed by atoms with van der Waals surface area (Å²) in [5.41, 5.74) is 7.17. The predicted molar refractivity (Wildman–Crippen MR) is 59.9 cm³/mol. The van der Waals surface area contributed by atoms with Crippen LogP contribution < -0.4 is 10.5 Å². The van der Waals surface area contributed by atoms with E-state index in [4.69, 9.17) is 10.5 Å². The van der Waals surface area contributed by atoms with Crippen LogP contribution in [-0.2, 0) is 6.54 Å². The Morgan fingerprint density at radius 1 is 1.44 bits per heavy atom. The molecule has 1 aromatic carbocycles. The van der Waals surface area contributed by atoms with E-state index in [-0.39, 0.29) is 0 Å². The normalized spacial score (nSPS) is 10.4. The second kappa shape index (κ2) is 4.18. The van der Waals surface area contributed by atoms with Gasteiger partial charge in [0.1, 0.15) is 5.75 Å². The summed E-state index contributed by atoms with van der Waals surface area (Å²) in [5, 5.41) is 11.5. The highest BCUT2D eigenvalue weighted by Gasteiger charge is 2.12. The minimum absolute atomic E-state index is 0.649. The van der Waals surface area contributed by atoms with Crippen molar-refractivity contribution in [3.63, 3.8) is 0 Å². The van der Waals surface area contributed by atoms with Crippen LogP contribution in [0, 0.1) is 0 Å². The second-order valence-corrected chi connectivity index (χ2v) is 3.28. The lowest BCUT2D eigenvalue weighted by molar-refractivity contribution is 0.416. The molecule has 2 aromatic rings. The number of hydrogen-bond donors (Lipinski definition) is 1. The molecule has 0 aliphatic heterocycles. The lowest BCUT2D eigenvalue weighted by Crippen LogP contribution is -2.01. The summed E-state index contributed by atoms with van der Waals surface area (Å²) in [6.07, 6.45) is 0. The number of hydrogen-bond acceptors (Lipinski definition) is 5. The second-order valence-electron chi connectivity index (χ2n) is 3.28. The topological polar surface area (TPSA) is 78.9 Å². The molecule has 6 nitrogen and oxygen atoms in total. The molecule has 1 heterocycles. The third-order valence-corrected chi connectivity index (χ3v) is 2.30. The predicted octanol–water partition coefficient (Wildman–Crippen LogP) is 0.951. The zero-order chi connectivity index (χ0) is 11.5. The van der Waals surface area contributed by atoms with E-state index < -0.39 is 0 Å². The quantitative estimate of drug-likeness (QED) is 0.777. The minimum atomic E-state index is 0.649. The lowest BCUT2D eigenvalue weighted by Gasteiger charge is -2.08. The van der Waals surface area contributed by atoms with Gasteiger partial charge in [0, 0.05) is 18.3 Å². The van der Waals surface area contributed by atoms with Crippen molar-refractivity contribution < 1.29 is 4.74 Å². The molecule has 0 radical (unpaired) electrons. The maximum Gasteiger partial charge on any atom is 0.185 e. The summed E-state index contributed by atoms with van der Waals surface area (Å²) >= 11 is 0. The van der Waals surface area contributed by atoms with Crippen LogP contribution in [-0.4, -0.2) is 27.3 Å². The average Bonchev–Trinajstić information content (AvgIpc) is 2.76. The minimum Gasteiger partial charge on any atom is -0.496 e. The van der Waals surface area contributed by atoms with Gasteiger partial charge in [0.15, 0.2) is 5.82 Å². The SMILES string of the molecule is CCn1nnnc1-c1ccc(N)cc1OC. The first-order chi connectivity index (χ1) is 7.76. The number of methoxy groups -OCH3 is 1. The number of nitrogens with two attached hydrogens (primary N) is 1. The fraction of sp³-hybridized carbons (Fsp3) is 0.300. The third-order valence-electron chi connectivity index (χ3n) is 2.30. The Balaban J connectivity index is 2.55. The highest BCUT2D eigenvalue weighted by molar-refractivity contribution is 5.67. The first-order valence-corrected chi connectivity index (χ1v) is 4.96. The van der Waals surface area contributed by atoms with Crippen LogP contribution in [0.25, 0.3) is 11.4 Å². The number of anilines is 1. The summed E-state index contributed by atoms with van der Waals surface area (Å²) in [4.78, 5) is 0. The van der Waals surface area contributed by atoms with Crippen molar-refractivity contribution in [1.29, 1.82) is 0 Å². The highest BCUT2D eigenvalue weighted by Crippen LogP contribution is 2.29. The molecule has 0 bridgehead atoms. The average molecular weight is 219 g/mol. The summed E-state index contributed by atoms with van der Waals surface area (Å²) in [5.74, 6) is 1.35. The summed E-state index contributed by atoms with van der Waals surface area (Å²) in [6.45, 7) is 2.68. The number of nitrogen functional groups attached to an aromatic ring is 1. The van der Waals surface area contributed by atoms with E-state index in [9.17, 15) is 0 Å². The van der Waals surface area contributed by atoms with E-state index in [1.54, 1.807) is 23.9 Å². The molecule has 1 aromatic heterocycles. The Morgan fingerprint density at radius 2 is 2.25 bits per heavy atom. The number of benzene rings is 1. The van der Waals surface area contributed by atoms with Crippen molar-refractivity contribution in [2.75, 3.05) is 12.8 Å². The molecule has 84 valence electrons. The fourth-order valence-electron chi connectivity index (χ4n) is 1.50. The third kappa shape index (κ3) is 1.69. The summed E-state index contributed by atoms with van der Waals surface area (Å²) < 4.78 is 6.96. The van der Waals surface area contributed by atoms with E-state index in [2.05, 4.69) is 15.5 Å². The highest BCUT2D eigenvalue weighted by atomic mass is 16.5. The molecule has 6 heteroatoms. The van der Waals surface area contributed by atoms with Crippen molar-refractivity contribution in [1.82, 2.24) is 20.2 Å². The van der Waals surface area contributed by atoms with Gasteiger partial charge < -0.3 is 10.5 Å². The maximum atomic E-state index is 5.69. The monoisotopic (exact) mass is 219 g/mol. The van der Waals surface area contributed by atoms with Crippen LogP contribution in [0.15, 0.2) is 18.2 Å². The molecule has 0 spiro atoms. The molecule has 0 saturated carbocycles. The molecule has 0 saturated heterocycles. The zero-order valence-corrected chi connectivity index (χ0v) is 9.21. The summed E-state index contributed by atoms with van der Waals surface area (Å²) in [6, 6.07) is 5.41. The Hall–Kier alpha value is -2.11. The van der Waals surface area contributed by atoms with E-state index in [0.29, 0.717) is 23.8 Å². The van der Waals surface area contributed by atoms with Gasteiger partial charge in [-0.2, -0.15) is 0 Å². The molecular formula is C10H13N5O. The van der Waals surface area contributed by atoms with Crippen LogP contribution in [0.4, 0.5) is 5.69 Å². The van der Waals surface area contributed by atoms with Crippen LogP contribution in [0.1, 0.15) is 6.92 Å². The number of rotatable bonds is 3. The van der Waals surface area contributed by atoms with Crippen molar-refractivity contribution in [2.24, 2.45) is 0 Å². The zero-order valence-electron chi connectivity index (χ0n) is 9.21. The molecular weight excluding hydrogens is 206 g/mol. The van der Waals surface area contributed by atoms with Gasteiger partial charge in [-0.3, -0.25) is 0 Å². The van der Waals surface area contributed by atoms with Crippen molar-refractivity contribution in [3.05, 3.63) is 18.2 Å². The van der Waals surface area contributed by atoms with E-state index in [1.165, 1.54) is 0 Å². The Kier molecular flexibility index (Phi) is 2.72. The first-order valence-electron chi connectivity index (χ1n) is 4.96. The van der Waals surface area contributed by atoms with Crippen LogP contribution in [0.5, 0.6) is 5.75 Å². The molecule has 2 rings (SSSR count). The standard InChI is InChI=1S/C10H13N5O/c1-3-15-10(12-13-14-15)8-5-4-7(11)6-9(8)16-2/h4-6H,3,11H2,1-2H3. The van der Waals surface area contributed by atoms with Gasteiger partial charge in [-0.1, -0.05) is 0 Å².